The summed E-state index contributed by atoms with van der Waals surface area (Å²) >= 11 is 0. The molecule has 0 aliphatic heterocycles. The molecule has 0 saturated carbocycles. The lowest BCUT2D eigenvalue weighted by molar-refractivity contribution is 0.0696. The van der Waals surface area contributed by atoms with Crippen LogP contribution in [0.15, 0.2) is 53.4 Å². The summed E-state index contributed by atoms with van der Waals surface area (Å²) in [7, 11) is -3.93. The maximum absolute atomic E-state index is 12.3. The van der Waals surface area contributed by atoms with Crippen molar-refractivity contribution >= 4 is 21.7 Å². The summed E-state index contributed by atoms with van der Waals surface area (Å²) < 4.78 is 26.9. The Morgan fingerprint density at radius 2 is 1.81 bits per heavy atom. The van der Waals surface area contributed by atoms with Gasteiger partial charge in [0.15, 0.2) is 0 Å². The van der Waals surface area contributed by atoms with E-state index in [4.69, 9.17) is 5.11 Å². The molecule has 0 saturated heterocycles. The zero-order chi connectivity index (χ0) is 15.5. The van der Waals surface area contributed by atoms with Crippen LogP contribution in [-0.2, 0) is 16.6 Å². The van der Waals surface area contributed by atoms with Gasteiger partial charge in [-0.2, -0.15) is 0 Å². The van der Waals surface area contributed by atoms with E-state index in [1.54, 1.807) is 18.2 Å². The Morgan fingerprint density at radius 3 is 2.48 bits per heavy atom. The van der Waals surface area contributed by atoms with Crippen molar-refractivity contribution in [3.05, 3.63) is 59.7 Å². The van der Waals surface area contributed by atoms with Gasteiger partial charge in [0.25, 0.3) is 10.0 Å². The molecule has 0 radical (unpaired) electrons. The molecule has 0 fully saturated rings. The maximum Gasteiger partial charge on any atom is 0.335 e. The summed E-state index contributed by atoms with van der Waals surface area (Å²) in [4.78, 5) is 10.7. The highest BCUT2D eigenvalue weighted by molar-refractivity contribution is 7.92. The highest BCUT2D eigenvalue weighted by atomic mass is 32.2. The van der Waals surface area contributed by atoms with Gasteiger partial charge in [-0.3, -0.25) is 4.72 Å². The van der Waals surface area contributed by atoms with E-state index in [9.17, 15) is 18.3 Å². The highest BCUT2D eigenvalue weighted by Gasteiger charge is 2.17. The van der Waals surface area contributed by atoms with E-state index in [1.165, 1.54) is 24.3 Å². The monoisotopic (exact) mass is 307 g/mol. The van der Waals surface area contributed by atoms with Crippen molar-refractivity contribution in [3.63, 3.8) is 0 Å². The zero-order valence-corrected chi connectivity index (χ0v) is 11.7. The molecule has 2 rings (SSSR count). The molecule has 7 heteroatoms. The SMILES string of the molecule is O=C(O)c1cccc(S(=O)(=O)Nc2ccccc2CO)c1. The number of aliphatic hydroxyl groups is 1. The first-order valence-corrected chi connectivity index (χ1v) is 7.47. The number of carboxylic acid groups (broad SMARTS) is 1. The number of para-hydroxylation sites is 1. The fraction of sp³-hybridized carbons (Fsp3) is 0.0714. The first-order chi connectivity index (χ1) is 9.94. The molecule has 3 N–H and O–H groups in total. The molecule has 0 aliphatic rings. The molecule has 0 bridgehead atoms. The van der Waals surface area contributed by atoms with Crippen molar-refractivity contribution in [2.75, 3.05) is 4.72 Å². The quantitative estimate of drug-likeness (QED) is 0.779. The molecule has 2 aromatic carbocycles. The van der Waals surface area contributed by atoms with Crippen molar-refractivity contribution in [2.24, 2.45) is 0 Å². The molecule has 110 valence electrons. The van der Waals surface area contributed by atoms with Crippen LogP contribution in [0.5, 0.6) is 0 Å². The third-order valence-electron chi connectivity index (χ3n) is 2.82. The summed E-state index contributed by atoms with van der Waals surface area (Å²) in [5.74, 6) is -1.21. The van der Waals surface area contributed by atoms with E-state index in [0.29, 0.717) is 5.56 Å². The standard InChI is InChI=1S/C14H13NO5S/c16-9-11-4-1-2-7-13(11)15-21(19,20)12-6-3-5-10(8-12)14(17)18/h1-8,15-16H,9H2,(H,17,18). The first kappa shape index (κ1) is 15.0. The van der Waals surface area contributed by atoms with E-state index in [0.717, 1.165) is 6.07 Å². The lowest BCUT2D eigenvalue weighted by Gasteiger charge is -2.11. The average molecular weight is 307 g/mol. The first-order valence-electron chi connectivity index (χ1n) is 5.99. The van der Waals surface area contributed by atoms with Crippen LogP contribution in [-0.4, -0.2) is 24.6 Å². The third kappa shape index (κ3) is 3.39. The van der Waals surface area contributed by atoms with E-state index in [-0.39, 0.29) is 22.8 Å². The van der Waals surface area contributed by atoms with Gasteiger partial charge < -0.3 is 10.2 Å². The Bertz CT molecular complexity index is 770. The molecule has 6 nitrogen and oxygen atoms in total. The minimum Gasteiger partial charge on any atom is -0.478 e. The molecule has 0 atom stereocenters. The van der Waals surface area contributed by atoms with E-state index < -0.39 is 16.0 Å². The smallest absolute Gasteiger partial charge is 0.335 e. The predicted octanol–water partition coefficient (Wildman–Crippen LogP) is 1.68. The normalized spacial score (nSPS) is 11.1. The van der Waals surface area contributed by atoms with Crippen LogP contribution in [0, 0.1) is 0 Å². The Labute approximate surface area is 121 Å². The molecule has 2 aromatic rings. The van der Waals surface area contributed by atoms with Crippen molar-refractivity contribution in [1.29, 1.82) is 0 Å². The molecule has 0 unspecified atom stereocenters. The minimum absolute atomic E-state index is 0.117. The van der Waals surface area contributed by atoms with Crippen molar-refractivity contribution in [3.8, 4) is 0 Å². The second-order valence-electron chi connectivity index (χ2n) is 4.25. The van der Waals surface area contributed by atoms with Crippen molar-refractivity contribution in [2.45, 2.75) is 11.5 Å². The Hall–Kier alpha value is -2.38. The van der Waals surface area contributed by atoms with Crippen LogP contribution in [0.4, 0.5) is 5.69 Å². The Balaban J connectivity index is 2.39. The molecular formula is C14H13NO5S. The zero-order valence-electron chi connectivity index (χ0n) is 10.9. The summed E-state index contributed by atoms with van der Waals surface area (Å²) in [6.07, 6.45) is 0. The number of carboxylic acids is 1. The average Bonchev–Trinajstić information content (AvgIpc) is 2.47. The van der Waals surface area contributed by atoms with E-state index in [2.05, 4.69) is 4.72 Å². The summed E-state index contributed by atoms with van der Waals surface area (Å²) in [5, 5.41) is 18.1. The number of hydrogen-bond acceptors (Lipinski definition) is 4. The number of aliphatic hydroxyl groups excluding tert-OH is 1. The lowest BCUT2D eigenvalue weighted by atomic mass is 10.2. The lowest BCUT2D eigenvalue weighted by Crippen LogP contribution is -2.15. The van der Waals surface area contributed by atoms with Crippen LogP contribution >= 0.6 is 0 Å². The number of carbonyl (C=O) groups is 1. The Morgan fingerprint density at radius 1 is 1.10 bits per heavy atom. The van der Waals surface area contributed by atoms with Crippen LogP contribution in [0.2, 0.25) is 0 Å². The van der Waals surface area contributed by atoms with Crippen LogP contribution in [0.1, 0.15) is 15.9 Å². The number of benzene rings is 2. The predicted molar refractivity (Wildman–Crippen MR) is 76.6 cm³/mol. The fourth-order valence-corrected chi connectivity index (χ4v) is 2.90. The van der Waals surface area contributed by atoms with Gasteiger partial charge in [0, 0.05) is 5.56 Å². The van der Waals surface area contributed by atoms with Crippen molar-refractivity contribution < 1.29 is 23.4 Å². The van der Waals surface area contributed by atoms with Gasteiger partial charge in [-0.25, -0.2) is 13.2 Å². The minimum atomic E-state index is -3.93. The Kier molecular flexibility index (Phi) is 4.25. The fourth-order valence-electron chi connectivity index (χ4n) is 1.76. The van der Waals surface area contributed by atoms with Gasteiger partial charge in [0.2, 0.25) is 0 Å². The van der Waals surface area contributed by atoms with Gasteiger partial charge >= 0.3 is 5.97 Å². The molecule has 21 heavy (non-hydrogen) atoms. The second kappa shape index (κ2) is 5.94. The number of rotatable bonds is 5. The highest BCUT2D eigenvalue weighted by Crippen LogP contribution is 2.20. The molecular weight excluding hydrogens is 294 g/mol. The number of sulfonamides is 1. The summed E-state index contributed by atoms with van der Waals surface area (Å²) in [5.41, 5.74) is 0.560. The summed E-state index contributed by atoms with van der Waals surface area (Å²) in [6, 6.07) is 11.5. The number of anilines is 1. The van der Waals surface area contributed by atoms with Gasteiger partial charge in [0.05, 0.1) is 22.8 Å². The van der Waals surface area contributed by atoms with Crippen molar-refractivity contribution in [1.82, 2.24) is 0 Å². The molecule has 0 heterocycles. The molecule has 0 aromatic heterocycles. The third-order valence-corrected chi connectivity index (χ3v) is 4.19. The van der Waals surface area contributed by atoms with Crippen LogP contribution in [0.25, 0.3) is 0 Å². The number of nitrogens with one attached hydrogen (secondary N) is 1. The topological polar surface area (TPSA) is 104 Å². The van der Waals surface area contributed by atoms with Gasteiger partial charge in [0.1, 0.15) is 0 Å². The second-order valence-corrected chi connectivity index (χ2v) is 5.94. The molecule has 0 amide bonds. The molecule has 0 spiro atoms. The maximum atomic E-state index is 12.3. The largest absolute Gasteiger partial charge is 0.478 e. The number of aromatic carboxylic acids is 1. The van der Waals surface area contributed by atoms with Crippen LogP contribution in [0.3, 0.4) is 0 Å². The van der Waals surface area contributed by atoms with E-state index in [1.807, 2.05) is 0 Å². The van der Waals surface area contributed by atoms with Gasteiger partial charge in [-0.05, 0) is 24.3 Å². The molecule has 0 aliphatic carbocycles. The van der Waals surface area contributed by atoms with Gasteiger partial charge in [-0.1, -0.05) is 24.3 Å². The van der Waals surface area contributed by atoms with Gasteiger partial charge in [-0.15, -0.1) is 0 Å². The van der Waals surface area contributed by atoms with E-state index >= 15 is 0 Å². The van der Waals surface area contributed by atoms with Crippen LogP contribution < -0.4 is 4.72 Å². The number of hydrogen-bond donors (Lipinski definition) is 3. The summed E-state index contributed by atoms with van der Waals surface area (Å²) in [6.45, 7) is -0.312.